The molecule has 0 spiro atoms. The van der Waals surface area contributed by atoms with Gasteiger partial charge in [0, 0.05) is 15.7 Å². The molecule has 98 valence electrons. The van der Waals surface area contributed by atoms with Crippen molar-refractivity contribution in [1.82, 2.24) is 9.97 Å². The third-order valence-corrected chi connectivity index (χ3v) is 2.62. The van der Waals surface area contributed by atoms with Crippen LogP contribution in [-0.4, -0.2) is 23.0 Å². The number of carbonyl (C=O) groups excluding carboxylic acids is 1. The minimum absolute atomic E-state index is 0.136. The summed E-state index contributed by atoms with van der Waals surface area (Å²) < 4.78 is 4.53. The Hall–Kier alpha value is -1.85. The Morgan fingerprint density at radius 2 is 1.84 bits per heavy atom. The highest BCUT2D eigenvalue weighted by molar-refractivity contribution is 6.35. The van der Waals surface area contributed by atoms with Crippen LogP contribution in [0.3, 0.4) is 0 Å². The average Bonchev–Trinajstić information content (AvgIpc) is 2.37. The summed E-state index contributed by atoms with van der Waals surface area (Å²) in [6.45, 7) is 0. The molecule has 0 bridgehead atoms. The van der Waals surface area contributed by atoms with Crippen LogP contribution in [-0.2, 0) is 4.74 Å². The Kier molecular flexibility index (Phi) is 4.19. The average molecular weight is 298 g/mol. The van der Waals surface area contributed by atoms with Crippen molar-refractivity contribution in [3.63, 3.8) is 0 Å². The number of rotatable bonds is 3. The summed E-state index contributed by atoms with van der Waals surface area (Å²) in [6, 6.07) is 5.02. The zero-order valence-corrected chi connectivity index (χ0v) is 11.4. The molecule has 0 amide bonds. The highest BCUT2D eigenvalue weighted by Crippen LogP contribution is 2.24. The molecule has 0 aliphatic heterocycles. The number of nitrogens with one attached hydrogen (secondary N) is 1. The number of aromatic nitrogens is 2. The first-order valence-electron chi connectivity index (χ1n) is 5.22. The molecule has 2 aromatic rings. The molecule has 0 aliphatic rings. The first-order valence-corrected chi connectivity index (χ1v) is 5.97. The number of hydrogen-bond donors (Lipinski definition) is 1. The lowest BCUT2D eigenvalue weighted by Crippen LogP contribution is -2.05. The van der Waals surface area contributed by atoms with Crippen LogP contribution < -0.4 is 5.32 Å². The standard InChI is InChI=1S/C12H9Cl2N3O2/c1-19-12(18)10-5-16-11(6-15-10)17-9-3-7(13)2-8(14)4-9/h2-6H,1H3,(H,16,17). The molecule has 1 aromatic heterocycles. The van der Waals surface area contributed by atoms with E-state index >= 15 is 0 Å². The highest BCUT2D eigenvalue weighted by atomic mass is 35.5. The predicted molar refractivity (Wildman–Crippen MR) is 73.1 cm³/mol. The Balaban J connectivity index is 2.17. The van der Waals surface area contributed by atoms with Crippen LogP contribution in [0.4, 0.5) is 11.5 Å². The third-order valence-electron chi connectivity index (χ3n) is 2.18. The molecule has 0 fully saturated rings. The molecule has 1 aromatic carbocycles. The van der Waals surface area contributed by atoms with E-state index in [4.69, 9.17) is 23.2 Å². The lowest BCUT2D eigenvalue weighted by atomic mass is 10.3. The molecule has 0 saturated heterocycles. The second kappa shape index (κ2) is 5.86. The van der Waals surface area contributed by atoms with Gasteiger partial charge in [0.05, 0.1) is 19.5 Å². The van der Waals surface area contributed by atoms with Gasteiger partial charge < -0.3 is 10.1 Å². The maximum Gasteiger partial charge on any atom is 0.358 e. The molecule has 0 atom stereocenters. The smallest absolute Gasteiger partial charge is 0.358 e. The normalized spacial score (nSPS) is 10.1. The van der Waals surface area contributed by atoms with Crippen molar-refractivity contribution in [3.8, 4) is 0 Å². The van der Waals surface area contributed by atoms with E-state index in [-0.39, 0.29) is 5.69 Å². The lowest BCUT2D eigenvalue weighted by molar-refractivity contribution is 0.0593. The molecular formula is C12H9Cl2N3O2. The van der Waals surface area contributed by atoms with Gasteiger partial charge in [-0.3, -0.25) is 0 Å². The van der Waals surface area contributed by atoms with Crippen LogP contribution in [0.15, 0.2) is 30.6 Å². The van der Waals surface area contributed by atoms with Crippen LogP contribution in [0.2, 0.25) is 10.0 Å². The minimum Gasteiger partial charge on any atom is -0.464 e. The van der Waals surface area contributed by atoms with E-state index in [0.29, 0.717) is 21.6 Å². The van der Waals surface area contributed by atoms with Gasteiger partial charge in [0.25, 0.3) is 0 Å². The van der Waals surface area contributed by atoms with E-state index in [0.717, 1.165) is 0 Å². The van der Waals surface area contributed by atoms with Crippen LogP contribution >= 0.6 is 23.2 Å². The molecule has 19 heavy (non-hydrogen) atoms. The summed E-state index contributed by atoms with van der Waals surface area (Å²) >= 11 is 11.8. The first kappa shape index (κ1) is 13.6. The van der Waals surface area contributed by atoms with Gasteiger partial charge >= 0.3 is 5.97 Å². The highest BCUT2D eigenvalue weighted by Gasteiger charge is 2.07. The number of carbonyl (C=O) groups is 1. The van der Waals surface area contributed by atoms with Crippen LogP contribution in [0, 0.1) is 0 Å². The van der Waals surface area contributed by atoms with Gasteiger partial charge in [-0.15, -0.1) is 0 Å². The van der Waals surface area contributed by atoms with Crippen molar-refractivity contribution < 1.29 is 9.53 Å². The number of hydrogen-bond acceptors (Lipinski definition) is 5. The number of ether oxygens (including phenoxy) is 1. The zero-order valence-electron chi connectivity index (χ0n) is 9.85. The van der Waals surface area contributed by atoms with Gasteiger partial charge in [-0.1, -0.05) is 23.2 Å². The summed E-state index contributed by atoms with van der Waals surface area (Å²) in [4.78, 5) is 19.2. The molecule has 5 nitrogen and oxygen atoms in total. The summed E-state index contributed by atoms with van der Waals surface area (Å²) in [5.41, 5.74) is 0.815. The van der Waals surface area contributed by atoms with E-state index in [1.54, 1.807) is 18.2 Å². The van der Waals surface area contributed by atoms with E-state index < -0.39 is 5.97 Å². The molecule has 0 radical (unpaired) electrons. The molecule has 0 saturated carbocycles. The molecule has 1 N–H and O–H groups in total. The number of benzene rings is 1. The molecule has 2 rings (SSSR count). The lowest BCUT2D eigenvalue weighted by Gasteiger charge is -2.06. The van der Waals surface area contributed by atoms with E-state index in [1.165, 1.54) is 19.5 Å². The maximum atomic E-state index is 11.2. The van der Waals surface area contributed by atoms with Gasteiger partial charge in [0.2, 0.25) is 0 Å². The Morgan fingerprint density at radius 3 is 2.37 bits per heavy atom. The second-order valence-electron chi connectivity index (χ2n) is 3.56. The number of anilines is 2. The summed E-state index contributed by atoms with van der Waals surface area (Å²) in [5, 5.41) is 3.99. The number of esters is 1. The first-order chi connectivity index (χ1) is 9.08. The van der Waals surface area contributed by atoms with Gasteiger partial charge in [-0.25, -0.2) is 14.8 Å². The third kappa shape index (κ3) is 3.56. The Morgan fingerprint density at radius 1 is 1.16 bits per heavy atom. The van der Waals surface area contributed by atoms with Crippen LogP contribution in [0.5, 0.6) is 0 Å². The molecule has 1 heterocycles. The number of methoxy groups -OCH3 is 1. The number of nitrogens with zero attached hydrogens (tertiary/aromatic N) is 2. The fourth-order valence-corrected chi connectivity index (χ4v) is 1.90. The summed E-state index contributed by atoms with van der Waals surface area (Å²) in [7, 11) is 1.28. The predicted octanol–water partition coefficient (Wildman–Crippen LogP) is 3.31. The van der Waals surface area contributed by atoms with Crippen molar-refractivity contribution in [2.45, 2.75) is 0 Å². The van der Waals surface area contributed by atoms with Crippen molar-refractivity contribution >= 4 is 40.7 Å². The molecule has 0 aliphatic carbocycles. The molecule has 7 heteroatoms. The molecular weight excluding hydrogens is 289 g/mol. The van der Waals surface area contributed by atoms with Gasteiger partial charge in [-0.05, 0) is 18.2 Å². The van der Waals surface area contributed by atoms with Crippen molar-refractivity contribution in [2.24, 2.45) is 0 Å². The van der Waals surface area contributed by atoms with Gasteiger partial charge in [0.1, 0.15) is 5.82 Å². The van der Waals surface area contributed by atoms with E-state index in [2.05, 4.69) is 20.0 Å². The Bertz CT molecular complexity index is 582. The fourth-order valence-electron chi connectivity index (χ4n) is 1.38. The van der Waals surface area contributed by atoms with Crippen LogP contribution in [0.1, 0.15) is 10.5 Å². The fraction of sp³-hybridized carbons (Fsp3) is 0.0833. The maximum absolute atomic E-state index is 11.2. The minimum atomic E-state index is -0.537. The Labute approximate surface area is 119 Å². The van der Waals surface area contributed by atoms with Crippen molar-refractivity contribution in [1.29, 1.82) is 0 Å². The van der Waals surface area contributed by atoms with Gasteiger partial charge in [0.15, 0.2) is 5.69 Å². The van der Waals surface area contributed by atoms with Gasteiger partial charge in [-0.2, -0.15) is 0 Å². The summed E-state index contributed by atoms with van der Waals surface area (Å²) in [6.07, 6.45) is 2.74. The van der Waals surface area contributed by atoms with Crippen molar-refractivity contribution in [3.05, 3.63) is 46.3 Å². The largest absolute Gasteiger partial charge is 0.464 e. The SMILES string of the molecule is COC(=O)c1cnc(Nc2cc(Cl)cc(Cl)c2)cn1. The topological polar surface area (TPSA) is 64.1 Å². The molecule has 0 unspecified atom stereocenters. The zero-order chi connectivity index (χ0) is 13.8. The monoisotopic (exact) mass is 297 g/mol. The van der Waals surface area contributed by atoms with E-state index in [1.807, 2.05) is 0 Å². The number of halogens is 2. The van der Waals surface area contributed by atoms with Crippen molar-refractivity contribution in [2.75, 3.05) is 12.4 Å². The summed E-state index contributed by atoms with van der Waals surface area (Å²) in [5.74, 6) is -0.0733. The second-order valence-corrected chi connectivity index (χ2v) is 4.43. The van der Waals surface area contributed by atoms with E-state index in [9.17, 15) is 4.79 Å². The van der Waals surface area contributed by atoms with Crippen LogP contribution in [0.25, 0.3) is 0 Å². The quantitative estimate of drug-likeness (QED) is 0.881.